The number of nitrogens with zero attached hydrogens (tertiary/aromatic N) is 3. The van der Waals surface area contributed by atoms with Gasteiger partial charge in [-0.2, -0.15) is 0 Å². The number of amides is 2. The Morgan fingerprint density at radius 2 is 1.96 bits per heavy atom. The highest BCUT2D eigenvalue weighted by Gasteiger charge is 2.27. The highest BCUT2D eigenvalue weighted by Crippen LogP contribution is 2.42. The Morgan fingerprint density at radius 1 is 1.24 bits per heavy atom. The standard InChI is InChI=1S/C15H15N5O4S/c21-12(17-15-19-18-14(25-15)10-1-2-10)7-8-16-13(22)9-3-5-11(6-4-9)20(23)24/h3-6,10H,1-2,7-8H2,(H,16,22)(H,17,19,21). The van der Waals surface area contributed by atoms with Crippen LogP contribution in [0.1, 0.15) is 40.5 Å². The summed E-state index contributed by atoms with van der Waals surface area (Å²) in [6.45, 7) is 0.149. The third-order valence-corrected chi connectivity index (χ3v) is 4.59. The van der Waals surface area contributed by atoms with Gasteiger partial charge in [0.1, 0.15) is 5.01 Å². The number of rotatable bonds is 7. The van der Waals surface area contributed by atoms with Crippen molar-refractivity contribution in [2.75, 3.05) is 11.9 Å². The van der Waals surface area contributed by atoms with E-state index in [9.17, 15) is 19.7 Å². The molecular weight excluding hydrogens is 346 g/mol. The number of benzene rings is 1. The summed E-state index contributed by atoms with van der Waals surface area (Å²) in [5, 5.41) is 25.2. The number of nitrogens with one attached hydrogen (secondary N) is 2. The summed E-state index contributed by atoms with van der Waals surface area (Å²) in [5.74, 6) is -0.165. The molecule has 1 aliphatic carbocycles. The average molecular weight is 361 g/mol. The lowest BCUT2D eigenvalue weighted by molar-refractivity contribution is -0.384. The van der Waals surface area contributed by atoms with E-state index in [0.717, 1.165) is 17.8 Å². The van der Waals surface area contributed by atoms with Gasteiger partial charge in [0.2, 0.25) is 11.0 Å². The van der Waals surface area contributed by atoms with Crippen molar-refractivity contribution >= 4 is 34.0 Å². The van der Waals surface area contributed by atoms with Crippen LogP contribution >= 0.6 is 11.3 Å². The summed E-state index contributed by atoms with van der Waals surface area (Å²) in [6, 6.07) is 5.26. The van der Waals surface area contributed by atoms with Crippen LogP contribution in [0.4, 0.5) is 10.8 Å². The molecular formula is C15H15N5O4S. The zero-order valence-electron chi connectivity index (χ0n) is 13.1. The zero-order valence-corrected chi connectivity index (χ0v) is 13.9. The summed E-state index contributed by atoms with van der Waals surface area (Å²) in [7, 11) is 0. The minimum atomic E-state index is -0.534. The molecule has 130 valence electrons. The molecule has 1 saturated carbocycles. The van der Waals surface area contributed by atoms with Crippen molar-refractivity contribution in [2.24, 2.45) is 0 Å². The average Bonchev–Trinajstić information content (AvgIpc) is 3.35. The maximum atomic E-state index is 11.9. The first-order chi connectivity index (χ1) is 12.0. The molecule has 25 heavy (non-hydrogen) atoms. The minimum Gasteiger partial charge on any atom is -0.352 e. The van der Waals surface area contributed by atoms with Crippen molar-refractivity contribution in [1.29, 1.82) is 0 Å². The van der Waals surface area contributed by atoms with Gasteiger partial charge in [-0.15, -0.1) is 10.2 Å². The van der Waals surface area contributed by atoms with Crippen LogP contribution in [-0.4, -0.2) is 33.5 Å². The first-order valence-electron chi connectivity index (χ1n) is 7.69. The van der Waals surface area contributed by atoms with E-state index in [4.69, 9.17) is 0 Å². The zero-order chi connectivity index (χ0) is 17.8. The van der Waals surface area contributed by atoms with Gasteiger partial charge in [0.25, 0.3) is 11.6 Å². The lowest BCUT2D eigenvalue weighted by Crippen LogP contribution is -2.27. The van der Waals surface area contributed by atoms with Crippen LogP contribution < -0.4 is 10.6 Å². The van der Waals surface area contributed by atoms with Crippen molar-refractivity contribution in [3.63, 3.8) is 0 Å². The van der Waals surface area contributed by atoms with E-state index in [1.54, 1.807) is 0 Å². The summed E-state index contributed by atoms with van der Waals surface area (Å²) in [5.41, 5.74) is 0.211. The lowest BCUT2D eigenvalue weighted by Gasteiger charge is -2.05. The van der Waals surface area contributed by atoms with Gasteiger partial charge in [-0.1, -0.05) is 11.3 Å². The number of non-ortho nitro benzene ring substituents is 1. The Morgan fingerprint density at radius 3 is 2.60 bits per heavy atom. The molecule has 1 fully saturated rings. The molecule has 1 aromatic carbocycles. The second-order valence-corrected chi connectivity index (χ2v) is 6.59. The van der Waals surface area contributed by atoms with E-state index in [2.05, 4.69) is 20.8 Å². The molecule has 1 aliphatic rings. The predicted octanol–water partition coefficient (Wildman–Crippen LogP) is 2.08. The Balaban J connectivity index is 1.42. The Labute approximate surface area is 146 Å². The van der Waals surface area contributed by atoms with E-state index in [0.29, 0.717) is 16.6 Å². The number of nitro groups is 1. The molecule has 10 heteroatoms. The van der Waals surface area contributed by atoms with Gasteiger partial charge in [0.15, 0.2) is 0 Å². The van der Waals surface area contributed by atoms with Crippen LogP contribution in [0, 0.1) is 10.1 Å². The molecule has 0 spiro atoms. The maximum Gasteiger partial charge on any atom is 0.269 e. The third-order valence-electron chi connectivity index (χ3n) is 3.59. The molecule has 0 atom stereocenters. The fourth-order valence-corrected chi connectivity index (χ4v) is 3.02. The fraction of sp³-hybridized carbons (Fsp3) is 0.333. The first-order valence-corrected chi connectivity index (χ1v) is 8.50. The molecule has 0 radical (unpaired) electrons. The smallest absolute Gasteiger partial charge is 0.269 e. The van der Waals surface area contributed by atoms with Gasteiger partial charge in [0, 0.05) is 36.6 Å². The van der Waals surface area contributed by atoms with E-state index in [1.807, 2.05) is 0 Å². The topological polar surface area (TPSA) is 127 Å². The molecule has 1 heterocycles. The van der Waals surface area contributed by atoms with E-state index < -0.39 is 10.8 Å². The number of carbonyl (C=O) groups excluding carboxylic acids is 2. The molecule has 0 bridgehead atoms. The summed E-state index contributed by atoms with van der Waals surface area (Å²) in [6.07, 6.45) is 2.34. The molecule has 2 N–H and O–H groups in total. The quantitative estimate of drug-likeness (QED) is 0.574. The maximum absolute atomic E-state index is 11.9. The van der Waals surface area contributed by atoms with Gasteiger partial charge in [-0.05, 0) is 25.0 Å². The Bertz CT molecular complexity index is 801. The number of anilines is 1. The minimum absolute atomic E-state index is 0.0847. The van der Waals surface area contributed by atoms with E-state index in [-0.39, 0.29) is 24.6 Å². The third kappa shape index (κ3) is 4.57. The number of hydrogen-bond donors (Lipinski definition) is 2. The molecule has 0 saturated heterocycles. The predicted molar refractivity (Wildman–Crippen MR) is 90.6 cm³/mol. The van der Waals surface area contributed by atoms with Crippen molar-refractivity contribution in [1.82, 2.24) is 15.5 Å². The summed E-state index contributed by atoms with van der Waals surface area (Å²) in [4.78, 5) is 33.8. The number of carbonyl (C=O) groups is 2. The number of nitro benzene ring substituents is 1. The molecule has 0 aliphatic heterocycles. The van der Waals surface area contributed by atoms with Crippen molar-refractivity contribution < 1.29 is 14.5 Å². The van der Waals surface area contributed by atoms with Crippen LogP contribution in [0.3, 0.4) is 0 Å². The Hall–Kier alpha value is -2.88. The van der Waals surface area contributed by atoms with E-state index in [1.165, 1.54) is 35.6 Å². The van der Waals surface area contributed by atoms with Crippen LogP contribution in [-0.2, 0) is 4.79 Å². The summed E-state index contributed by atoms with van der Waals surface area (Å²) < 4.78 is 0. The lowest BCUT2D eigenvalue weighted by atomic mass is 10.2. The fourth-order valence-electron chi connectivity index (χ4n) is 2.09. The summed E-state index contributed by atoms with van der Waals surface area (Å²) >= 11 is 1.38. The SMILES string of the molecule is O=C(CCNC(=O)c1ccc([N+](=O)[O-])cc1)Nc1nnc(C2CC2)s1. The number of aromatic nitrogens is 2. The van der Waals surface area contributed by atoms with Crippen molar-refractivity contribution in [3.05, 3.63) is 45.0 Å². The van der Waals surface area contributed by atoms with Crippen LogP contribution in [0.2, 0.25) is 0 Å². The highest BCUT2D eigenvalue weighted by atomic mass is 32.1. The normalized spacial score (nSPS) is 13.3. The molecule has 9 nitrogen and oxygen atoms in total. The van der Waals surface area contributed by atoms with Gasteiger partial charge < -0.3 is 10.6 Å². The molecule has 2 amide bonds. The van der Waals surface area contributed by atoms with Crippen LogP contribution in [0.5, 0.6) is 0 Å². The molecule has 1 aromatic heterocycles. The van der Waals surface area contributed by atoms with Gasteiger partial charge in [-0.3, -0.25) is 19.7 Å². The van der Waals surface area contributed by atoms with E-state index >= 15 is 0 Å². The molecule has 0 unspecified atom stereocenters. The second-order valence-electron chi connectivity index (χ2n) is 5.58. The molecule has 3 rings (SSSR count). The van der Waals surface area contributed by atoms with Gasteiger partial charge in [0.05, 0.1) is 4.92 Å². The first kappa shape index (κ1) is 17.0. The van der Waals surface area contributed by atoms with Gasteiger partial charge >= 0.3 is 0 Å². The van der Waals surface area contributed by atoms with Crippen LogP contribution in [0.25, 0.3) is 0 Å². The number of hydrogen-bond acceptors (Lipinski definition) is 7. The van der Waals surface area contributed by atoms with Crippen molar-refractivity contribution in [2.45, 2.75) is 25.2 Å². The van der Waals surface area contributed by atoms with Gasteiger partial charge in [-0.25, -0.2) is 0 Å². The Kier molecular flexibility index (Phi) is 4.98. The monoisotopic (exact) mass is 361 g/mol. The van der Waals surface area contributed by atoms with Crippen LogP contribution in [0.15, 0.2) is 24.3 Å². The molecule has 2 aromatic rings. The van der Waals surface area contributed by atoms with Crippen molar-refractivity contribution in [3.8, 4) is 0 Å². The largest absolute Gasteiger partial charge is 0.352 e. The second kappa shape index (κ2) is 7.34. The highest BCUT2D eigenvalue weighted by molar-refractivity contribution is 7.15.